The van der Waals surface area contributed by atoms with E-state index in [1.165, 1.54) is 19.8 Å². The number of anilines is 2. The van der Waals surface area contributed by atoms with E-state index in [4.69, 9.17) is 25.8 Å². The molecule has 0 bridgehead atoms. The van der Waals surface area contributed by atoms with Crippen LogP contribution in [0.4, 0.5) is 11.4 Å². The molecule has 198 valence electrons. The second kappa shape index (κ2) is 11.3. The predicted octanol–water partition coefficient (Wildman–Crippen LogP) is 4.47. The van der Waals surface area contributed by atoms with E-state index in [9.17, 15) is 9.59 Å². The molecule has 4 rings (SSSR count). The van der Waals surface area contributed by atoms with E-state index in [2.05, 4.69) is 27.0 Å². The fourth-order valence-corrected chi connectivity index (χ4v) is 4.84. The Hall–Kier alpha value is -3.43. The van der Waals surface area contributed by atoms with E-state index < -0.39 is 12.0 Å². The van der Waals surface area contributed by atoms with Crippen molar-refractivity contribution in [3.8, 4) is 11.5 Å². The number of aryl methyl sites for hydroxylation is 1. The minimum Gasteiger partial charge on any atom is -0.493 e. The number of methoxy groups -OCH3 is 2. The smallest absolute Gasteiger partial charge is 0.356 e. The van der Waals surface area contributed by atoms with Gasteiger partial charge in [0, 0.05) is 48.3 Å². The van der Waals surface area contributed by atoms with E-state index in [0.29, 0.717) is 46.2 Å². The summed E-state index contributed by atoms with van der Waals surface area (Å²) in [6, 6.07) is 8.95. The second-order valence-electron chi connectivity index (χ2n) is 8.97. The van der Waals surface area contributed by atoms with Gasteiger partial charge in [0.25, 0.3) is 0 Å². The van der Waals surface area contributed by atoms with E-state index in [0.717, 1.165) is 18.8 Å². The highest BCUT2D eigenvalue weighted by molar-refractivity contribution is 6.30. The molecular weight excluding hydrogens is 496 g/mol. The highest BCUT2D eigenvalue weighted by Crippen LogP contribution is 2.37. The van der Waals surface area contributed by atoms with Crippen LogP contribution in [0.25, 0.3) is 10.9 Å². The van der Waals surface area contributed by atoms with E-state index in [1.807, 2.05) is 25.1 Å². The number of carbonyl (C=O) groups excluding carboxylic acids is 2. The lowest BCUT2D eigenvalue weighted by atomic mass is 10.1. The summed E-state index contributed by atoms with van der Waals surface area (Å²) in [6.07, 6.45) is 0. The molecule has 1 fully saturated rings. The van der Waals surface area contributed by atoms with Gasteiger partial charge in [0.15, 0.2) is 11.5 Å². The maximum Gasteiger partial charge on any atom is 0.356 e. The maximum atomic E-state index is 13.4. The third-order valence-electron chi connectivity index (χ3n) is 6.78. The van der Waals surface area contributed by atoms with Crippen molar-refractivity contribution in [3.63, 3.8) is 0 Å². The zero-order valence-corrected chi connectivity index (χ0v) is 22.6. The number of H-pyrrole nitrogens is 1. The molecule has 0 saturated carbocycles. The number of benzene rings is 2. The maximum absolute atomic E-state index is 13.4. The number of halogens is 1. The van der Waals surface area contributed by atoms with Gasteiger partial charge in [-0.25, -0.2) is 4.79 Å². The molecule has 0 radical (unpaired) electrons. The quantitative estimate of drug-likeness (QED) is 0.416. The number of hydrogen-bond donors (Lipinski definition) is 2. The molecule has 1 aromatic heterocycles. The first-order valence-corrected chi connectivity index (χ1v) is 12.7. The fraction of sp³-hybridized carbons (Fsp3) is 0.407. The summed E-state index contributed by atoms with van der Waals surface area (Å²) in [5.41, 5.74) is 3.44. The van der Waals surface area contributed by atoms with Gasteiger partial charge >= 0.3 is 5.97 Å². The SMILES string of the molecule is CCOC(=O)c1[nH]c2cc(OC)c(OC)cc2c1NC(=O)C(C)N1CCN(c2cc(Cl)ccc2C)CC1. The van der Waals surface area contributed by atoms with Crippen LogP contribution in [0, 0.1) is 6.92 Å². The lowest BCUT2D eigenvalue weighted by Crippen LogP contribution is -2.53. The topological polar surface area (TPSA) is 96.1 Å². The lowest BCUT2D eigenvalue weighted by molar-refractivity contribution is -0.120. The van der Waals surface area contributed by atoms with Crippen molar-refractivity contribution in [2.45, 2.75) is 26.8 Å². The number of piperazine rings is 1. The van der Waals surface area contributed by atoms with Crippen molar-refractivity contribution in [1.29, 1.82) is 0 Å². The summed E-state index contributed by atoms with van der Waals surface area (Å²) in [4.78, 5) is 33.6. The summed E-state index contributed by atoms with van der Waals surface area (Å²) in [6.45, 7) is 8.86. The van der Waals surface area contributed by atoms with Gasteiger partial charge in [-0.05, 0) is 44.5 Å². The number of carbonyl (C=O) groups is 2. The van der Waals surface area contributed by atoms with Crippen LogP contribution in [0.3, 0.4) is 0 Å². The molecule has 1 amide bonds. The Morgan fingerprint density at radius 3 is 2.41 bits per heavy atom. The van der Waals surface area contributed by atoms with Gasteiger partial charge in [-0.3, -0.25) is 9.69 Å². The van der Waals surface area contributed by atoms with Crippen molar-refractivity contribution in [2.75, 3.05) is 57.2 Å². The Morgan fingerprint density at radius 2 is 1.76 bits per heavy atom. The number of rotatable bonds is 8. The van der Waals surface area contributed by atoms with E-state index in [-0.39, 0.29) is 18.2 Å². The van der Waals surface area contributed by atoms with Gasteiger partial charge in [0.2, 0.25) is 5.91 Å². The van der Waals surface area contributed by atoms with Gasteiger partial charge < -0.3 is 29.4 Å². The normalized spacial score (nSPS) is 14.9. The third kappa shape index (κ3) is 5.47. The summed E-state index contributed by atoms with van der Waals surface area (Å²) in [5, 5.41) is 4.31. The number of nitrogens with one attached hydrogen (secondary N) is 2. The second-order valence-corrected chi connectivity index (χ2v) is 9.40. The molecule has 0 aliphatic carbocycles. The first-order chi connectivity index (χ1) is 17.8. The highest BCUT2D eigenvalue weighted by atomic mass is 35.5. The van der Waals surface area contributed by atoms with Gasteiger partial charge in [-0.2, -0.15) is 0 Å². The number of aromatic amines is 1. The molecular formula is C27H33ClN4O5. The zero-order chi connectivity index (χ0) is 26.7. The monoisotopic (exact) mass is 528 g/mol. The lowest BCUT2D eigenvalue weighted by Gasteiger charge is -2.39. The highest BCUT2D eigenvalue weighted by Gasteiger charge is 2.29. The molecule has 10 heteroatoms. The third-order valence-corrected chi connectivity index (χ3v) is 7.02. The van der Waals surface area contributed by atoms with E-state index in [1.54, 1.807) is 19.1 Å². The minimum atomic E-state index is -0.551. The minimum absolute atomic E-state index is 0.175. The number of nitrogens with zero attached hydrogens (tertiary/aromatic N) is 2. The van der Waals surface area contributed by atoms with Crippen molar-refractivity contribution in [1.82, 2.24) is 9.88 Å². The molecule has 2 heterocycles. The Bertz CT molecular complexity index is 1300. The van der Waals surface area contributed by atoms with Crippen LogP contribution in [0.5, 0.6) is 11.5 Å². The summed E-state index contributed by atoms with van der Waals surface area (Å²) >= 11 is 6.22. The van der Waals surface area contributed by atoms with Crippen molar-refractivity contribution in [3.05, 3.63) is 46.6 Å². The largest absolute Gasteiger partial charge is 0.493 e. The predicted molar refractivity (Wildman–Crippen MR) is 145 cm³/mol. The van der Waals surface area contributed by atoms with Crippen LogP contribution in [0.1, 0.15) is 29.9 Å². The van der Waals surface area contributed by atoms with Crippen molar-refractivity contribution < 1.29 is 23.8 Å². The van der Waals surface area contributed by atoms with Crippen LogP contribution >= 0.6 is 11.6 Å². The van der Waals surface area contributed by atoms with Crippen LogP contribution in [-0.2, 0) is 9.53 Å². The summed E-state index contributed by atoms with van der Waals surface area (Å²) in [7, 11) is 3.07. The molecule has 1 saturated heterocycles. The number of fused-ring (bicyclic) bond motifs is 1. The number of aromatic nitrogens is 1. The molecule has 0 spiro atoms. The molecule has 1 aliphatic rings. The van der Waals surface area contributed by atoms with Crippen LogP contribution in [0.15, 0.2) is 30.3 Å². The summed E-state index contributed by atoms with van der Waals surface area (Å²) in [5.74, 6) is 0.227. The van der Waals surface area contributed by atoms with Gasteiger partial charge in [0.1, 0.15) is 5.69 Å². The number of ether oxygens (including phenoxy) is 3. The first-order valence-electron chi connectivity index (χ1n) is 12.3. The molecule has 1 unspecified atom stereocenters. The zero-order valence-electron chi connectivity index (χ0n) is 21.8. The van der Waals surface area contributed by atoms with Gasteiger partial charge in [-0.1, -0.05) is 17.7 Å². The average molecular weight is 529 g/mol. The van der Waals surface area contributed by atoms with Crippen LogP contribution in [-0.4, -0.2) is 74.8 Å². The Morgan fingerprint density at radius 1 is 1.08 bits per heavy atom. The van der Waals surface area contributed by atoms with E-state index >= 15 is 0 Å². The average Bonchev–Trinajstić information content (AvgIpc) is 3.26. The molecule has 1 aliphatic heterocycles. The molecule has 9 nitrogen and oxygen atoms in total. The van der Waals surface area contributed by atoms with Crippen molar-refractivity contribution in [2.24, 2.45) is 0 Å². The van der Waals surface area contributed by atoms with Crippen molar-refractivity contribution >= 4 is 45.8 Å². The van der Waals surface area contributed by atoms with Crippen LogP contribution < -0.4 is 19.7 Å². The van der Waals surface area contributed by atoms with Gasteiger partial charge in [0.05, 0.1) is 38.1 Å². The Kier molecular flexibility index (Phi) is 8.14. The number of esters is 1. The first kappa shape index (κ1) is 26.6. The Labute approximate surface area is 221 Å². The van der Waals surface area contributed by atoms with Gasteiger partial charge in [-0.15, -0.1) is 0 Å². The number of hydrogen-bond acceptors (Lipinski definition) is 7. The van der Waals surface area contributed by atoms with Crippen LogP contribution in [0.2, 0.25) is 5.02 Å². The molecule has 37 heavy (non-hydrogen) atoms. The fourth-order valence-electron chi connectivity index (χ4n) is 4.67. The summed E-state index contributed by atoms with van der Waals surface area (Å²) < 4.78 is 16.1. The molecule has 3 aromatic rings. The molecule has 1 atom stereocenters. The number of amides is 1. The Balaban J connectivity index is 1.54. The standard InChI is InChI=1S/C27H33ClN4O5/c1-6-37-27(34)25-24(19-14-22(35-4)23(36-5)15-20(19)29-25)30-26(33)17(3)31-9-11-32(12-10-31)21-13-18(28)8-7-16(21)2/h7-8,13-15,17,29H,6,9-12H2,1-5H3,(H,30,33). The molecule has 2 aromatic carbocycles. The molecule has 2 N–H and O–H groups in total.